The number of hydrogen-bond donors (Lipinski definition) is 2. The highest BCUT2D eigenvalue weighted by molar-refractivity contribution is 5.93. The first kappa shape index (κ1) is 36.8. The van der Waals surface area contributed by atoms with Crippen LogP contribution in [0.25, 0.3) is 55.1 Å². The fourth-order valence-corrected chi connectivity index (χ4v) is 6.85. The van der Waals surface area contributed by atoms with Crippen LogP contribution < -0.4 is 0 Å². The molecule has 2 aromatic heterocycles. The summed E-state index contributed by atoms with van der Waals surface area (Å²) < 4.78 is 0. The first-order valence-corrected chi connectivity index (χ1v) is 18.5. The second-order valence-electron chi connectivity index (χ2n) is 11.8. The molecular formula is C42H58N6. The van der Waals surface area contributed by atoms with Crippen molar-refractivity contribution in [3.63, 3.8) is 0 Å². The normalized spacial score (nSPS) is 17.5. The summed E-state index contributed by atoms with van der Waals surface area (Å²) in [5.74, 6) is 2.18. The second-order valence-corrected chi connectivity index (χ2v) is 11.8. The SMILES string of the molecule is CC.CC.CC.CC.CN1CCCC1c1nc2ccc(-c3ccc4cc(-c5ccc6nc(C7CCCN7C)[nH]c6c5)ccc4c3)cc2[nH]1. The molecule has 6 heteroatoms. The Kier molecular flexibility index (Phi) is 13.4. The van der Waals surface area contributed by atoms with Gasteiger partial charge in [-0.15, -0.1) is 0 Å². The van der Waals surface area contributed by atoms with Crippen LogP contribution in [-0.2, 0) is 0 Å². The lowest BCUT2D eigenvalue weighted by Gasteiger charge is -2.16. The van der Waals surface area contributed by atoms with E-state index in [4.69, 9.17) is 9.97 Å². The summed E-state index contributed by atoms with van der Waals surface area (Å²) in [6.07, 6.45) is 4.81. The average Bonchev–Trinajstić information content (AvgIpc) is 3.97. The van der Waals surface area contributed by atoms with Crippen molar-refractivity contribution < 1.29 is 0 Å². The van der Waals surface area contributed by atoms with Crippen molar-refractivity contribution in [2.45, 2.75) is 93.2 Å². The minimum Gasteiger partial charge on any atom is -0.341 e. The summed E-state index contributed by atoms with van der Waals surface area (Å²) in [6.45, 7) is 18.3. The molecule has 2 atom stereocenters. The van der Waals surface area contributed by atoms with Gasteiger partial charge in [0.25, 0.3) is 0 Å². The number of nitrogens with zero attached hydrogens (tertiary/aromatic N) is 4. The Morgan fingerprint density at radius 2 is 0.854 bits per heavy atom. The van der Waals surface area contributed by atoms with Gasteiger partial charge in [-0.25, -0.2) is 9.97 Å². The number of nitrogens with one attached hydrogen (secondary N) is 2. The van der Waals surface area contributed by atoms with Crippen LogP contribution in [-0.4, -0.2) is 56.9 Å². The highest BCUT2D eigenvalue weighted by Gasteiger charge is 2.26. The van der Waals surface area contributed by atoms with E-state index in [1.54, 1.807) is 0 Å². The molecule has 2 aliphatic rings. The molecule has 8 rings (SSSR count). The molecule has 4 aromatic carbocycles. The Hall–Kier alpha value is -4.00. The fourth-order valence-electron chi connectivity index (χ4n) is 6.85. The monoisotopic (exact) mass is 646 g/mol. The molecule has 2 fully saturated rings. The largest absolute Gasteiger partial charge is 0.341 e. The summed E-state index contributed by atoms with van der Waals surface area (Å²) in [5, 5.41) is 2.49. The summed E-state index contributed by atoms with van der Waals surface area (Å²) in [5.41, 5.74) is 9.17. The number of aromatic nitrogens is 4. The molecule has 4 heterocycles. The van der Waals surface area contributed by atoms with Crippen molar-refractivity contribution in [3.05, 3.63) is 84.4 Å². The van der Waals surface area contributed by atoms with Gasteiger partial charge in [0.05, 0.1) is 34.2 Å². The molecule has 0 bridgehead atoms. The third-order valence-electron chi connectivity index (χ3n) is 9.18. The topological polar surface area (TPSA) is 63.8 Å². The van der Waals surface area contributed by atoms with Crippen molar-refractivity contribution in [2.24, 2.45) is 0 Å². The van der Waals surface area contributed by atoms with Crippen LogP contribution in [0.1, 0.15) is 105 Å². The summed E-state index contributed by atoms with van der Waals surface area (Å²) in [6, 6.07) is 27.5. The van der Waals surface area contributed by atoms with E-state index in [1.807, 2.05) is 55.4 Å². The van der Waals surface area contributed by atoms with Crippen molar-refractivity contribution in [1.82, 2.24) is 29.7 Å². The van der Waals surface area contributed by atoms with Crippen LogP contribution in [0.3, 0.4) is 0 Å². The lowest BCUT2D eigenvalue weighted by molar-refractivity contribution is 0.307. The van der Waals surface area contributed by atoms with Gasteiger partial charge in [-0.3, -0.25) is 9.80 Å². The summed E-state index contributed by atoms with van der Waals surface area (Å²) in [7, 11) is 4.39. The number of aromatic amines is 2. The Labute approximate surface area is 289 Å². The quantitative estimate of drug-likeness (QED) is 0.200. The number of imidazole rings is 2. The van der Waals surface area contributed by atoms with E-state index in [2.05, 4.69) is 107 Å². The zero-order chi connectivity index (χ0) is 34.8. The van der Waals surface area contributed by atoms with E-state index in [1.165, 1.54) is 58.7 Å². The highest BCUT2D eigenvalue weighted by atomic mass is 15.2. The molecule has 48 heavy (non-hydrogen) atoms. The number of fused-ring (bicyclic) bond motifs is 3. The number of hydrogen-bond acceptors (Lipinski definition) is 4. The minimum atomic E-state index is 0.399. The molecule has 2 aliphatic heterocycles. The molecule has 2 saturated heterocycles. The van der Waals surface area contributed by atoms with Crippen LogP contribution >= 0.6 is 0 Å². The van der Waals surface area contributed by atoms with E-state index in [0.29, 0.717) is 12.1 Å². The Balaban J connectivity index is 0.000000608. The Morgan fingerprint density at radius 3 is 1.21 bits per heavy atom. The second kappa shape index (κ2) is 17.4. The fraction of sp³-hybridized carbons (Fsp3) is 0.429. The molecule has 2 N–H and O–H groups in total. The highest BCUT2D eigenvalue weighted by Crippen LogP contribution is 2.34. The molecule has 0 radical (unpaired) electrons. The molecule has 0 amide bonds. The third kappa shape index (κ3) is 7.66. The maximum Gasteiger partial charge on any atom is 0.124 e. The average molecular weight is 647 g/mol. The molecular weight excluding hydrogens is 589 g/mol. The van der Waals surface area contributed by atoms with Crippen LogP contribution in [0.15, 0.2) is 72.8 Å². The first-order valence-electron chi connectivity index (χ1n) is 18.5. The maximum atomic E-state index is 4.91. The number of benzene rings is 4. The van der Waals surface area contributed by atoms with E-state index < -0.39 is 0 Å². The van der Waals surface area contributed by atoms with Crippen molar-refractivity contribution in [2.75, 3.05) is 27.2 Å². The minimum absolute atomic E-state index is 0.399. The third-order valence-corrected chi connectivity index (χ3v) is 9.18. The van der Waals surface area contributed by atoms with E-state index in [9.17, 15) is 0 Å². The zero-order valence-electron chi connectivity index (χ0n) is 31.1. The van der Waals surface area contributed by atoms with Crippen LogP contribution in [0.4, 0.5) is 0 Å². The van der Waals surface area contributed by atoms with E-state index in [0.717, 1.165) is 46.8 Å². The van der Waals surface area contributed by atoms with Crippen LogP contribution in [0, 0.1) is 0 Å². The maximum absolute atomic E-state index is 4.91. The Bertz CT molecular complexity index is 1750. The van der Waals surface area contributed by atoms with Gasteiger partial charge in [-0.05, 0) is 122 Å². The predicted octanol–water partition coefficient (Wildman–Crippen LogP) is 11.6. The first-order chi connectivity index (χ1) is 23.6. The molecule has 256 valence electrons. The smallest absolute Gasteiger partial charge is 0.124 e. The van der Waals surface area contributed by atoms with Gasteiger partial charge in [0.1, 0.15) is 11.6 Å². The zero-order valence-corrected chi connectivity index (χ0v) is 31.1. The van der Waals surface area contributed by atoms with Crippen molar-refractivity contribution >= 4 is 32.8 Å². The lowest BCUT2D eigenvalue weighted by atomic mass is 9.97. The molecule has 2 unspecified atom stereocenters. The molecule has 6 nitrogen and oxygen atoms in total. The van der Waals surface area contributed by atoms with Gasteiger partial charge in [-0.2, -0.15) is 0 Å². The summed E-state index contributed by atoms with van der Waals surface area (Å²) >= 11 is 0. The van der Waals surface area contributed by atoms with Crippen molar-refractivity contribution in [1.29, 1.82) is 0 Å². The Morgan fingerprint density at radius 1 is 0.500 bits per heavy atom. The number of rotatable bonds is 4. The van der Waals surface area contributed by atoms with E-state index >= 15 is 0 Å². The molecule has 6 aromatic rings. The van der Waals surface area contributed by atoms with Gasteiger partial charge >= 0.3 is 0 Å². The van der Waals surface area contributed by atoms with Gasteiger partial charge in [0, 0.05) is 0 Å². The van der Waals surface area contributed by atoms with Gasteiger partial charge in [0.2, 0.25) is 0 Å². The van der Waals surface area contributed by atoms with Gasteiger partial charge in [-0.1, -0.05) is 91.8 Å². The molecule has 0 saturated carbocycles. The predicted molar refractivity (Wildman–Crippen MR) is 209 cm³/mol. The van der Waals surface area contributed by atoms with Gasteiger partial charge in [0.15, 0.2) is 0 Å². The number of H-pyrrole nitrogens is 2. The standard InChI is InChI=1S/C34H34N6.4C2H6/c1-39-15-3-5-31(39)33-35-27-13-11-25(19-29(27)37-33)23-9-7-22-18-24(10-8-21(22)17-23)26-12-14-28-30(20-26)38-34(36-28)32-6-4-16-40(32)2;4*1-2/h7-14,17-20,31-32H,3-6,15-16H2,1-2H3,(H,35,37)(H,36,38);4*1-2H3. The molecule has 0 aliphatic carbocycles. The van der Waals surface area contributed by atoms with Crippen LogP contribution in [0.5, 0.6) is 0 Å². The summed E-state index contributed by atoms with van der Waals surface area (Å²) in [4.78, 5) is 21.8. The van der Waals surface area contributed by atoms with E-state index in [-0.39, 0.29) is 0 Å². The lowest BCUT2D eigenvalue weighted by Crippen LogP contribution is -2.18. The van der Waals surface area contributed by atoms with Crippen molar-refractivity contribution in [3.8, 4) is 22.3 Å². The number of likely N-dealkylation sites (tertiary alicyclic amines) is 2. The van der Waals surface area contributed by atoms with Gasteiger partial charge < -0.3 is 9.97 Å². The molecule has 0 spiro atoms. The van der Waals surface area contributed by atoms with Crippen LogP contribution in [0.2, 0.25) is 0 Å².